The normalized spacial score (nSPS) is 11.3. The van der Waals surface area contributed by atoms with Gasteiger partial charge in [0, 0.05) is 23.5 Å². The average Bonchev–Trinajstić information content (AvgIpc) is 3.07. The molecule has 2 aromatic rings. The van der Waals surface area contributed by atoms with E-state index in [1.165, 1.54) is 5.69 Å². The summed E-state index contributed by atoms with van der Waals surface area (Å²) in [6, 6.07) is 2.08. The van der Waals surface area contributed by atoms with Gasteiger partial charge in [0.25, 0.3) is 5.91 Å². The van der Waals surface area contributed by atoms with Gasteiger partial charge < -0.3 is 15.2 Å². The predicted molar refractivity (Wildman–Crippen MR) is 98.2 cm³/mol. The first-order chi connectivity index (χ1) is 11.0. The molecule has 0 atom stereocenters. The van der Waals surface area contributed by atoms with Gasteiger partial charge in [-0.2, -0.15) is 11.3 Å². The highest BCUT2D eigenvalue weighted by Gasteiger charge is 2.24. The van der Waals surface area contributed by atoms with Gasteiger partial charge in [0.15, 0.2) is 0 Å². The van der Waals surface area contributed by atoms with Gasteiger partial charge in [0.1, 0.15) is 0 Å². The quantitative estimate of drug-likeness (QED) is 0.803. The van der Waals surface area contributed by atoms with Gasteiger partial charge in [-0.3, -0.25) is 4.79 Å². The van der Waals surface area contributed by atoms with E-state index < -0.39 is 0 Å². The SMILES string of the molecule is CCCc1c(-c2ccsc2)c(C(N)=O)c(C)n1CCCN(C)C. The first-order valence-electron chi connectivity index (χ1n) is 8.16. The summed E-state index contributed by atoms with van der Waals surface area (Å²) in [5.41, 5.74) is 10.8. The molecule has 0 saturated carbocycles. The van der Waals surface area contributed by atoms with Crippen molar-refractivity contribution in [3.63, 3.8) is 0 Å². The number of nitrogens with zero attached hydrogens (tertiary/aromatic N) is 2. The molecule has 0 spiro atoms. The first-order valence-corrected chi connectivity index (χ1v) is 9.10. The van der Waals surface area contributed by atoms with Crippen LogP contribution in [0.25, 0.3) is 11.1 Å². The number of thiophene rings is 1. The van der Waals surface area contributed by atoms with Gasteiger partial charge in [-0.1, -0.05) is 13.3 Å². The zero-order valence-electron chi connectivity index (χ0n) is 14.6. The molecule has 0 radical (unpaired) electrons. The molecule has 2 rings (SSSR count). The largest absolute Gasteiger partial charge is 0.366 e. The van der Waals surface area contributed by atoms with Crippen LogP contribution in [0.1, 0.15) is 41.5 Å². The lowest BCUT2D eigenvalue weighted by molar-refractivity contribution is 0.1000. The van der Waals surface area contributed by atoms with Crippen LogP contribution in [0.2, 0.25) is 0 Å². The van der Waals surface area contributed by atoms with Crippen LogP contribution in [-0.2, 0) is 13.0 Å². The third-order valence-corrected chi connectivity index (χ3v) is 4.84. The van der Waals surface area contributed by atoms with Crippen molar-refractivity contribution in [2.24, 2.45) is 5.73 Å². The molecule has 1 amide bonds. The summed E-state index contributed by atoms with van der Waals surface area (Å²) in [7, 11) is 4.17. The van der Waals surface area contributed by atoms with Crippen LogP contribution in [0.15, 0.2) is 16.8 Å². The molecule has 2 N–H and O–H groups in total. The predicted octanol–water partition coefficient (Wildman–Crippen LogP) is 3.53. The van der Waals surface area contributed by atoms with Crippen LogP contribution in [0.4, 0.5) is 0 Å². The Morgan fingerprint density at radius 2 is 2.13 bits per heavy atom. The van der Waals surface area contributed by atoms with Crippen LogP contribution in [-0.4, -0.2) is 36.0 Å². The topological polar surface area (TPSA) is 51.3 Å². The number of primary amides is 1. The molecule has 0 aliphatic carbocycles. The second-order valence-electron chi connectivity index (χ2n) is 6.22. The van der Waals surface area contributed by atoms with E-state index in [9.17, 15) is 4.79 Å². The zero-order chi connectivity index (χ0) is 17.0. The third-order valence-electron chi connectivity index (χ3n) is 4.16. The Bertz CT molecular complexity index is 656. The van der Waals surface area contributed by atoms with Crippen molar-refractivity contribution in [3.05, 3.63) is 33.8 Å². The van der Waals surface area contributed by atoms with Crippen LogP contribution in [0, 0.1) is 6.92 Å². The number of rotatable bonds is 8. The molecule has 0 aliphatic rings. The molecule has 0 saturated heterocycles. The fourth-order valence-electron chi connectivity index (χ4n) is 3.16. The Morgan fingerprint density at radius 3 is 2.65 bits per heavy atom. The van der Waals surface area contributed by atoms with Crippen molar-refractivity contribution in [2.75, 3.05) is 20.6 Å². The molecule has 0 unspecified atom stereocenters. The summed E-state index contributed by atoms with van der Waals surface area (Å²) in [4.78, 5) is 14.3. The van der Waals surface area contributed by atoms with E-state index in [0.717, 1.165) is 49.2 Å². The fraction of sp³-hybridized carbons (Fsp3) is 0.500. The molecule has 2 aromatic heterocycles. The fourth-order valence-corrected chi connectivity index (χ4v) is 3.81. The maximum Gasteiger partial charge on any atom is 0.251 e. The van der Waals surface area contributed by atoms with E-state index >= 15 is 0 Å². The molecule has 0 aliphatic heterocycles. The maximum absolute atomic E-state index is 12.1. The molecular formula is C18H27N3OS. The van der Waals surface area contributed by atoms with E-state index in [2.05, 4.69) is 47.3 Å². The molecule has 4 nitrogen and oxygen atoms in total. The number of carbonyl (C=O) groups excluding carboxylic acids is 1. The summed E-state index contributed by atoms with van der Waals surface area (Å²) < 4.78 is 2.31. The molecule has 23 heavy (non-hydrogen) atoms. The number of hydrogen-bond donors (Lipinski definition) is 1. The number of hydrogen-bond acceptors (Lipinski definition) is 3. The lowest BCUT2D eigenvalue weighted by atomic mass is 10.0. The molecule has 0 aromatic carbocycles. The lowest BCUT2D eigenvalue weighted by Gasteiger charge is -2.14. The van der Waals surface area contributed by atoms with Crippen LogP contribution in [0.5, 0.6) is 0 Å². The van der Waals surface area contributed by atoms with Crippen molar-refractivity contribution >= 4 is 17.2 Å². The second kappa shape index (κ2) is 7.79. The molecule has 2 heterocycles. The minimum atomic E-state index is -0.326. The zero-order valence-corrected chi connectivity index (χ0v) is 15.4. The smallest absolute Gasteiger partial charge is 0.251 e. The summed E-state index contributed by atoms with van der Waals surface area (Å²) in [6.45, 7) is 6.14. The minimum Gasteiger partial charge on any atom is -0.366 e. The van der Waals surface area contributed by atoms with Gasteiger partial charge in [0.2, 0.25) is 0 Å². The monoisotopic (exact) mass is 333 g/mol. The van der Waals surface area contributed by atoms with E-state index in [1.807, 2.05) is 6.92 Å². The lowest BCUT2D eigenvalue weighted by Crippen LogP contribution is -2.17. The summed E-state index contributed by atoms with van der Waals surface area (Å²) in [6.07, 6.45) is 3.06. The van der Waals surface area contributed by atoms with Crippen LogP contribution in [0.3, 0.4) is 0 Å². The second-order valence-corrected chi connectivity index (χ2v) is 7.00. The highest BCUT2D eigenvalue weighted by Crippen LogP contribution is 2.35. The van der Waals surface area contributed by atoms with E-state index in [0.29, 0.717) is 5.56 Å². The summed E-state index contributed by atoms with van der Waals surface area (Å²) in [5.74, 6) is -0.326. The van der Waals surface area contributed by atoms with Gasteiger partial charge in [-0.05, 0) is 62.8 Å². The highest BCUT2D eigenvalue weighted by atomic mass is 32.1. The highest BCUT2D eigenvalue weighted by molar-refractivity contribution is 7.08. The van der Waals surface area contributed by atoms with Crippen LogP contribution >= 0.6 is 11.3 Å². The Morgan fingerprint density at radius 1 is 1.39 bits per heavy atom. The van der Waals surface area contributed by atoms with Gasteiger partial charge >= 0.3 is 0 Å². The number of amides is 1. The molecule has 0 fully saturated rings. The minimum absolute atomic E-state index is 0.326. The van der Waals surface area contributed by atoms with Crippen molar-refractivity contribution in [3.8, 4) is 11.1 Å². The molecule has 0 bridgehead atoms. The number of aromatic nitrogens is 1. The van der Waals surface area contributed by atoms with Crippen molar-refractivity contribution in [1.82, 2.24) is 9.47 Å². The standard InChI is InChI=1S/C18H27N3OS/c1-5-7-15-17(14-8-11-23-12-14)16(18(19)22)13(2)21(15)10-6-9-20(3)4/h8,11-12H,5-7,9-10H2,1-4H3,(H2,19,22). The summed E-state index contributed by atoms with van der Waals surface area (Å²) >= 11 is 1.65. The molecule has 5 heteroatoms. The number of carbonyl (C=O) groups is 1. The third kappa shape index (κ3) is 3.85. The molecule has 126 valence electrons. The van der Waals surface area contributed by atoms with E-state index in [1.54, 1.807) is 11.3 Å². The Labute approximate surface area is 142 Å². The van der Waals surface area contributed by atoms with E-state index in [4.69, 9.17) is 5.73 Å². The Balaban J connectivity index is 2.52. The van der Waals surface area contributed by atoms with Crippen molar-refractivity contribution < 1.29 is 4.79 Å². The van der Waals surface area contributed by atoms with Gasteiger partial charge in [-0.25, -0.2) is 0 Å². The Kier molecular flexibility index (Phi) is 6.02. The Hall–Kier alpha value is -1.59. The summed E-state index contributed by atoms with van der Waals surface area (Å²) in [5, 5.41) is 4.15. The van der Waals surface area contributed by atoms with Crippen LogP contribution < -0.4 is 5.73 Å². The first kappa shape index (κ1) is 17.8. The number of nitrogens with two attached hydrogens (primary N) is 1. The van der Waals surface area contributed by atoms with Crippen molar-refractivity contribution in [1.29, 1.82) is 0 Å². The van der Waals surface area contributed by atoms with E-state index in [-0.39, 0.29) is 5.91 Å². The van der Waals surface area contributed by atoms with Gasteiger partial charge in [0.05, 0.1) is 5.56 Å². The van der Waals surface area contributed by atoms with Gasteiger partial charge in [-0.15, -0.1) is 0 Å². The van der Waals surface area contributed by atoms with Crippen molar-refractivity contribution in [2.45, 2.75) is 39.7 Å². The average molecular weight is 334 g/mol. The maximum atomic E-state index is 12.1. The molecular weight excluding hydrogens is 306 g/mol.